The molecule has 0 amide bonds. The molecule has 0 unspecified atom stereocenters. The van der Waals surface area contributed by atoms with Crippen LogP contribution in [0.4, 0.5) is 13.2 Å². The molecule has 0 radical (unpaired) electrons. The first-order valence-electron chi connectivity index (χ1n) is 5.05. The fraction of sp³-hybridized carbons (Fsp3) is 0.273. The van der Waals surface area contributed by atoms with Crippen LogP contribution in [0.25, 0.3) is 0 Å². The third-order valence-electron chi connectivity index (χ3n) is 2.13. The number of hydrogen-bond donors (Lipinski definition) is 1. The summed E-state index contributed by atoms with van der Waals surface area (Å²) in [7, 11) is -3.76. The van der Waals surface area contributed by atoms with Gasteiger partial charge in [0, 0.05) is 6.54 Å². The van der Waals surface area contributed by atoms with Crippen LogP contribution in [0.15, 0.2) is 41.8 Å². The maximum Gasteiger partial charge on any atom is 0.416 e. The first kappa shape index (κ1) is 14.7. The summed E-state index contributed by atoms with van der Waals surface area (Å²) in [5, 5.41) is 0. The molecule has 1 rings (SSSR count). The fourth-order valence-electron chi connectivity index (χ4n) is 1.20. The zero-order chi connectivity index (χ0) is 13.8. The van der Waals surface area contributed by atoms with E-state index in [9.17, 15) is 21.6 Å². The number of hydrogen-bond acceptors (Lipinski definition) is 2. The van der Waals surface area contributed by atoms with E-state index in [0.29, 0.717) is 6.42 Å². The minimum atomic E-state index is -4.47. The van der Waals surface area contributed by atoms with Gasteiger partial charge in [-0.25, -0.2) is 13.1 Å². The average Bonchev–Trinajstić information content (AvgIpc) is 2.28. The van der Waals surface area contributed by atoms with Crippen molar-refractivity contribution >= 4 is 10.0 Å². The highest BCUT2D eigenvalue weighted by Crippen LogP contribution is 2.29. The third-order valence-corrected chi connectivity index (χ3v) is 3.61. The van der Waals surface area contributed by atoms with Gasteiger partial charge in [0.05, 0.1) is 10.5 Å². The van der Waals surface area contributed by atoms with E-state index in [1.54, 1.807) is 0 Å². The highest BCUT2D eigenvalue weighted by atomic mass is 32.2. The maximum absolute atomic E-state index is 12.3. The molecule has 18 heavy (non-hydrogen) atoms. The molecule has 3 nitrogen and oxygen atoms in total. The van der Waals surface area contributed by atoms with E-state index in [1.807, 2.05) is 0 Å². The summed E-state index contributed by atoms with van der Waals surface area (Å²) in [5.41, 5.74) is -0.882. The molecule has 1 aromatic carbocycles. The maximum atomic E-state index is 12.3. The molecule has 7 heteroatoms. The average molecular weight is 279 g/mol. The number of benzene rings is 1. The van der Waals surface area contributed by atoms with Crippen molar-refractivity contribution in [3.63, 3.8) is 0 Å². The molecular weight excluding hydrogens is 267 g/mol. The molecule has 0 heterocycles. The van der Waals surface area contributed by atoms with E-state index < -0.39 is 21.8 Å². The minimum Gasteiger partial charge on any atom is -0.211 e. The number of nitrogens with one attached hydrogen (secondary N) is 1. The number of rotatable bonds is 5. The predicted molar refractivity (Wildman–Crippen MR) is 61.4 cm³/mol. The molecule has 0 saturated heterocycles. The number of halogens is 3. The Morgan fingerprint density at radius 3 is 2.22 bits per heavy atom. The van der Waals surface area contributed by atoms with Crippen LogP contribution >= 0.6 is 0 Å². The largest absolute Gasteiger partial charge is 0.416 e. The summed E-state index contributed by atoms with van der Waals surface area (Å²) in [6, 6.07) is 3.34. The van der Waals surface area contributed by atoms with Gasteiger partial charge in [-0.1, -0.05) is 6.08 Å². The summed E-state index contributed by atoms with van der Waals surface area (Å²) in [6.45, 7) is 3.59. The Morgan fingerprint density at radius 2 is 1.78 bits per heavy atom. The van der Waals surface area contributed by atoms with E-state index in [0.717, 1.165) is 24.3 Å². The molecule has 1 N–H and O–H groups in total. The van der Waals surface area contributed by atoms with Crippen molar-refractivity contribution in [1.29, 1.82) is 0 Å². The molecule has 0 spiro atoms. The lowest BCUT2D eigenvalue weighted by atomic mass is 10.2. The fourth-order valence-corrected chi connectivity index (χ4v) is 2.25. The van der Waals surface area contributed by atoms with Crippen molar-refractivity contribution in [1.82, 2.24) is 4.72 Å². The van der Waals surface area contributed by atoms with Crippen molar-refractivity contribution in [3.05, 3.63) is 42.5 Å². The van der Waals surface area contributed by atoms with Crippen molar-refractivity contribution in [3.8, 4) is 0 Å². The van der Waals surface area contributed by atoms with Crippen LogP contribution < -0.4 is 4.72 Å². The van der Waals surface area contributed by atoms with E-state index >= 15 is 0 Å². The minimum absolute atomic E-state index is 0.160. The smallest absolute Gasteiger partial charge is 0.211 e. The van der Waals surface area contributed by atoms with Crippen LogP contribution in [0.1, 0.15) is 12.0 Å². The van der Waals surface area contributed by atoms with Gasteiger partial charge < -0.3 is 0 Å². The van der Waals surface area contributed by atoms with Gasteiger partial charge >= 0.3 is 6.18 Å². The Morgan fingerprint density at radius 1 is 1.22 bits per heavy atom. The SMILES string of the molecule is C=CCCNS(=O)(=O)c1ccc(C(F)(F)F)cc1. The van der Waals surface area contributed by atoms with Crippen LogP contribution in [0.3, 0.4) is 0 Å². The summed E-state index contributed by atoms with van der Waals surface area (Å²) < 4.78 is 62.4. The lowest BCUT2D eigenvalue weighted by Gasteiger charge is -2.08. The molecular formula is C11H12F3NO2S. The monoisotopic (exact) mass is 279 g/mol. The van der Waals surface area contributed by atoms with E-state index in [1.165, 1.54) is 6.08 Å². The van der Waals surface area contributed by atoms with Gasteiger partial charge in [0.2, 0.25) is 10.0 Å². The zero-order valence-corrected chi connectivity index (χ0v) is 10.2. The topological polar surface area (TPSA) is 46.2 Å². The summed E-state index contributed by atoms with van der Waals surface area (Å²) in [5.74, 6) is 0. The molecule has 1 aromatic rings. The van der Waals surface area contributed by atoms with Gasteiger partial charge in [-0.3, -0.25) is 0 Å². The van der Waals surface area contributed by atoms with Crippen LogP contribution in [0, 0.1) is 0 Å². The Hall–Kier alpha value is -1.34. The Kier molecular flexibility index (Phi) is 4.53. The standard InChI is InChI=1S/C11H12F3NO2S/c1-2-3-8-15-18(16,17)10-6-4-9(5-7-10)11(12,13)14/h2,4-7,15H,1,3,8H2. The van der Waals surface area contributed by atoms with Crippen molar-refractivity contribution in [2.24, 2.45) is 0 Å². The predicted octanol–water partition coefficient (Wildman–Crippen LogP) is 2.56. The van der Waals surface area contributed by atoms with Gasteiger partial charge in [-0.2, -0.15) is 13.2 Å². The molecule has 0 aliphatic carbocycles. The highest BCUT2D eigenvalue weighted by Gasteiger charge is 2.30. The van der Waals surface area contributed by atoms with E-state index in [4.69, 9.17) is 0 Å². The quantitative estimate of drug-likeness (QED) is 0.665. The van der Waals surface area contributed by atoms with Crippen molar-refractivity contribution in [2.45, 2.75) is 17.5 Å². The normalized spacial score (nSPS) is 12.4. The van der Waals surface area contributed by atoms with E-state index in [2.05, 4.69) is 11.3 Å². The molecule has 0 bridgehead atoms. The second-order valence-corrected chi connectivity index (χ2v) is 5.26. The molecule has 0 aliphatic rings. The van der Waals surface area contributed by atoms with Crippen LogP contribution in [-0.2, 0) is 16.2 Å². The summed E-state index contributed by atoms with van der Waals surface area (Å²) >= 11 is 0. The lowest BCUT2D eigenvalue weighted by Crippen LogP contribution is -2.24. The van der Waals surface area contributed by atoms with Crippen LogP contribution in [0.2, 0.25) is 0 Å². The van der Waals surface area contributed by atoms with Gasteiger partial charge in [0.1, 0.15) is 0 Å². The molecule has 0 atom stereocenters. The molecule has 0 saturated carbocycles. The Balaban J connectivity index is 2.88. The van der Waals surface area contributed by atoms with E-state index in [-0.39, 0.29) is 11.4 Å². The van der Waals surface area contributed by atoms with Crippen LogP contribution in [0.5, 0.6) is 0 Å². The molecule has 100 valence electrons. The van der Waals surface area contributed by atoms with Gasteiger partial charge in [-0.15, -0.1) is 6.58 Å². The number of alkyl halides is 3. The molecule has 0 aromatic heterocycles. The first-order valence-corrected chi connectivity index (χ1v) is 6.53. The number of sulfonamides is 1. The van der Waals surface area contributed by atoms with Gasteiger partial charge in [0.15, 0.2) is 0 Å². The Bertz CT molecular complexity index is 506. The first-order chi connectivity index (χ1) is 8.27. The lowest BCUT2D eigenvalue weighted by molar-refractivity contribution is -0.137. The zero-order valence-electron chi connectivity index (χ0n) is 9.37. The second-order valence-electron chi connectivity index (χ2n) is 3.50. The van der Waals surface area contributed by atoms with Crippen molar-refractivity contribution in [2.75, 3.05) is 6.54 Å². The molecule has 0 aliphatic heterocycles. The van der Waals surface area contributed by atoms with Crippen molar-refractivity contribution < 1.29 is 21.6 Å². The molecule has 0 fully saturated rings. The second kappa shape index (κ2) is 5.53. The highest BCUT2D eigenvalue weighted by molar-refractivity contribution is 7.89. The van der Waals surface area contributed by atoms with Crippen LogP contribution in [-0.4, -0.2) is 15.0 Å². The summed E-state index contributed by atoms with van der Waals surface area (Å²) in [4.78, 5) is -0.195. The third kappa shape index (κ3) is 3.85. The van der Waals surface area contributed by atoms with Gasteiger partial charge in [-0.05, 0) is 30.7 Å². The Labute approximate surface area is 103 Å². The summed E-state index contributed by atoms with van der Waals surface area (Å²) in [6.07, 6.45) is -2.49. The van der Waals surface area contributed by atoms with Gasteiger partial charge in [0.25, 0.3) is 0 Å².